The molecule has 5 nitrogen and oxygen atoms in total. The third-order valence-corrected chi connectivity index (χ3v) is 4.31. The zero-order valence-electron chi connectivity index (χ0n) is 13.0. The van der Waals surface area contributed by atoms with Crippen LogP contribution in [0.4, 0.5) is 0 Å². The van der Waals surface area contributed by atoms with E-state index in [-0.39, 0.29) is 17.7 Å². The second-order valence-corrected chi connectivity index (χ2v) is 6.93. The summed E-state index contributed by atoms with van der Waals surface area (Å²) in [6.07, 6.45) is 9.52. The molecule has 0 saturated heterocycles. The molecule has 2 atom stereocenters. The minimum atomic E-state index is -0.316. The zero-order valence-corrected chi connectivity index (χ0v) is 13.0. The van der Waals surface area contributed by atoms with Gasteiger partial charge in [0.05, 0.1) is 12.1 Å². The molecule has 1 aliphatic carbocycles. The van der Waals surface area contributed by atoms with Gasteiger partial charge in [0, 0.05) is 23.5 Å². The van der Waals surface area contributed by atoms with E-state index in [0.717, 1.165) is 37.1 Å². The van der Waals surface area contributed by atoms with Crippen LogP contribution in [0.25, 0.3) is 11.4 Å². The lowest BCUT2D eigenvalue weighted by molar-refractivity contribution is 0.0702. The molecule has 0 spiro atoms. The van der Waals surface area contributed by atoms with Crippen molar-refractivity contribution in [1.29, 1.82) is 0 Å². The molecule has 0 radical (unpaired) electrons. The molecule has 3 rings (SSSR count). The lowest BCUT2D eigenvalue weighted by atomic mass is 9.92. The van der Waals surface area contributed by atoms with E-state index in [1.165, 1.54) is 0 Å². The molecule has 2 aromatic heterocycles. The Bertz CT molecular complexity index is 608. The Labute approximate surface area is 125 Å². The third kappa shape index (κ3) is 2.75. The van der Waals surface area contributed by atoms with Crippen LogP contribution in [-0.4, -0.2) is 30.5 Å². The molecule has 2 heterocycles. The predicted molar refractivity (Wildman–Crippen MR) is 82.0 cm³/mol. The predicted octanol–water partition coefficient (Wildman–Crippen LogP) is 2.98. The molecule has 2 aromatic rings. The second-order valence-electron chi connectivity index (χ2n) is 6.93. The van der Waals surface area contributed by atoms with Gasteiger partial charge in [-0.25, -0.2) is 9.67 Å². The van der Waals surface area contributed by atoms with Crippen molar-refractivity contribution in [2.24, 2.45) is 0 Å². The molecule has 1 aliphatic rings. The number of aliphatic hydroxyl groups excluding tert-OH is 1. The van der Waals surface area contributed by atoms with Crippen LogP contribution < -0.4 is 0 Å². The molecular formula is C16H24N4O. The van der Waals surface area contributed by atoms with Gasteiger partial charge >= 0.3 is 0 Å². The SMILES string of the molecule is CC(C)(C)n1ccc(-c2ncnn2[C@@H]2CCCC[C@H]2O)c1. The van der Waals surface area contributed by atoms with E-state index >= 15 is 0 Å². The highest BCUT2D eigenvalue weighted by atomic mass is 16.3. The smallest absolute Gasteiger partial charge is 0.159 e. The molecule has 0 unspecified atom stereocenters. The first-order valence-corrected chi connectivity index (χ1v) is 7.73. The summed E-state index contributed by atoms with van der Waals surface area (Å²) >= 11 is 0. The standard InChI is InChI=1S/C16H24N4O/c1-16(2,3)19-9-8-12(10-19)15-17-11-18-20(15)13-6-4-5-7-14(13)21/h8-11,13-14,21H,4-7H2,1-3H3/t13-,14-/m1/s1. The first kappa shape index (κ1) is 14.3. The van der Waals surface area contributed by atoms with Crippen LogP contribution in [0.5, 0.6) is 0 Å². The van der Waals surface area contributed by atoms with Crippen LogP contribution >= 0.6 is 0 Å². The lowest BCUT2D eigenvalue weighted by Crippen LogP contribution is -2.28. The number of nitrogens with zero attached hydrogens (tertiary/aromatic N) is 4. The molecule has 0 bridgehead atoms. The fraction of sp³-hybridized carbons (Fsp3) is 0.625. The fourth-order valence-electron chi connectivity index (χ4n) is 3.02. The Kier molecular flexibility index (Phi) is 3.61. The van der Waals surface area contributed by atoms with Crippen LogP contribution in [-0.2, 0) is 5.54 Å². The maximum atomic E-state index is 10.3. The number of hydrogen-bond acceptors (Lipinski definition) is 3. The minimum absolute atomic E-state index is 0.0491. The van der Waals surface area contributed by atoms with Gasteiger partial charge in [-0.05, 0) is 39.7 Å². The van der Waals surface area contributed by atoms with E-state index in [9.17, 15) is 5.11 Å². The third-order valence-electron chi connectivity index (χ3n) is 4.31. The van der Waals surface area contributed by atoms with Crippen molar-refractivity contribution in [2.75, 3.05) is 0 Å². The quantitative estimate of drug-likeness (QED) is 0.924. The van der Waals surface area contributed by atoms with Gasteiger partial charge in [-0.2, -0.15) is 5.10 Å². The topological polar surface area (TPSA) is 55.9 Å². The summed E-state index contributed by atoms with van der Waals surface area (Å²) in [7, 11) is 0. The van der Waals surface area contributed by atoms with Gasteiger partial charge in [0.1, 0.15) is 6.33 Å². The first-order chi connectivity index (χ1) is 9.97. The molecule has 5 heteroatoms. The van der Waals surface area contributed by atoms with Crippen LogP contribution in [0.1, 0.15) is 52.5 Å². The molecule has 1 saturated carbocycles. The summed E-state index contributed by atoms with van der Waals surface area (Å²) in [6.45, 7) is 6.52. The van der Waals surface area contributed by atoms with Crippen LogP contribution in [0.2, 0.25) is 0 Å². The lowest BCUT2D eigenvalue weighted by Gasteiger charge is -2.28. The van der Waals surface area contributed by atoms with Crippen molar-refractivity contribution in [2.45, 2.75) is 64.1 Å². The van der Waals surface area contributed by atoms with Crippen molar-refractivity contribution in [3.63, 3.8) is 0 Å². The maximum Gasteiger partial charge on any atom is 0.159 e. The summed E-state index contributed by atoms with van der Waals surface area (Å²) < 4.78 is 4.09. The normalized spacial score (nSPS) is 23.4. The van der Waals surface area contributed by atoms with Crippen molar-refractivity contribution in [3.05, 3.63) is 24.8 Å². The van der Waals surface area contributed by atoms with Gasteiger partial charge in [-0.15, -0.1) is 0 Å². The van der Waals surface area contributed by atoms with Crippen molar-refractivity contribution in [1.82, 2.24) is 19.3 Å². The molecule has 0 aliphatic heterocycles. The van der Waals surface area contributed by atoms with Gasteiger partial charge in [-0.1, -0.05) is 12.8 Å². The minimum Gasteiger partial charge on any atom is -0.391 e. The second kappa shape index (κ2) is 5.30. The van der Waals surface area contributed by atoms with Gasteiger partial charge < -0.3 is 9.67 Å². The Morgan fingerprint density at radius 1 is 1.24 bits per heavy atom. The first-order valence-electron chi connectivity index (χ1n) is 7.73. The van der Waals surface area contributed by atoms with Gasteiger partial charge in [0.15, 0.2) is 5.82 Å². The van der Waals surface area contributed by atoms with E-state index in [1.807, 2.05) is 4.68 Å². The summed E-state index contributed by atoms with van der Waals surface area (Å²) in [4.78, 5) is 4.42. The summed E-state index contributed by atoms with van der Waals surface area (Å²) in [5.41, 5.74) is 1.10. The maximum absolute atomic E-state index is 10.3. The molecule has 21 heavy (non-hydrogen) atoms. The van der Waals surface area contributed by atoms with E-state index in [0.29, 0.717) is 0 Å². The highest BCUT2D eigenvalue weighted by Crippen LogP contribution is 2.31. The molecule has 114 valence electrons. The fourth-order valence-corrected chi connectivity index (χ4v) is 3.02. The number of aromatic nitrogens is 4. The van der Waals surface area contributed by atoms with Crippen LogP contribution in [0, 0.1) is 0 Å². The average molecular weight is 288 g/mol. The summed E-state index contributed by atoms with van der Waals surface area (Å²) in [5, 5.41) is 14.6. The zero-order chi connectivity index (χ0) is 15.0. The molecular weight excluding hydrogens is 264 g/mol. The Morgan fingerprint density at radius 2 is 2.00 bits per heavy atom. The highest BCUT2D eigenvalue weighted by molar-refractivity contribution is 5.54. The van der Waals surface area contributed by atoms with Crippen LogP contribution in [0.3, 0.4) is 0 Å². The van der Waals surface area contributed by atoms with E-state index < -0.39 is 0 Å². The average Bonchev–Trinajstić information content (AvgIpc) is 3.07. The van der Waals surface area contributed by atoms with Gasteiger partial charge in [0.25, 0.3) is 0 Å². The molecule has 0 amide bonds. The van der Waals surface area contributed by atoms with Crippen LogP contribution in [0.15, 0.2) is 24.8 Å². The number of aliphatic hydroxyl groups is 1. The van der Waals surface area contributed by atoms with Crippen molar-refractivity contribution >= 4 is 0 Å². The van der Waals surface area contributed by atoms with Gasteiger partial charge in [-0.3, -0.25) is 0 Å². The summed E-state index contributed by atoms with van der Waals surface area (Å²) in [5.74, 6) is 0.851. The van der Waals surface area contributed by atoms with E-state index in [4.69, 9.17) is 0 Å². The number of hydrogen-bond donors (Lipinski definition) is 1. The largest absolute Gasteiger partial charge is 0.391 e. The van der Waals surface area contributed by atoms with E-state index in [1.54, 1.807) is 6.33 Å². The Hall–Kier alpha value is -1.62. The van der Waals surface area contributed by atoms with Crippen molar-refractivity contribution < 1.29 is 5.11 Å². The Balaban J connectivity index is 1.93. The molecule has 1 fully saturated rings. The molecule has 0 aromatic carbocycles. The molecule has 1 N–H and O–H groups in total. The highest BCUT2D eigenvalue weighted by Gasteiger charge is 2.28. The summed E-state index contributed by atoms with van der Waals surface area (Å²) in [6, 6.07) is 2.12. The monoisotopic (exact) mass is 288 g/mol. The van der Waals surface area contributed by atoms with E-state index in [2.05, 4.69) is 53.9 Å². The van der Waals surface area contributed by atoms with Crippen molar-refractivity contribution in [3.8, 4) is 11.4 Å². The Morgan fingerprint density at radius 3 is 2.67 bits per heavy atom. The van der Waals surface area contributed by atoms with Gasteiger partial charge in [0.2, 0.25) is 0 Å². The number of rotatable bonds is 2.